The molecule has 0 fully saturated rings. The van der Waals surface area contributed by atoms with Crippen molar-refractivity contribution in [2.45, 2.75) is 6.54 Å². The molecule has 13 heavy (non-hydrogen) atoms. The van der Waals surface area contributed by atoms with Gasteiger partial charge in [0.2, 0.25) is 0 Å². The minimum Gasteiger partial charge on any atom is -0.314 e. The summed E-state index contributed by atoms with van der Waals surface area (Å²) in [6.45, 7) is 0.816. The average Bonchev–Trinajstić information content (AvgIpc) is 2.46. The van der Waals surface area contributed by atoms with Gasteiger partial charge >= 0.3 is 0 Å². The molecule has 0 amide bonds. The molecule has 2 rings (SSSR count). The molecule has 0 saturated heterocycles. The van der Waals surface area contributed by atoms with Crippen LogP contribution in [0.15, 0.2) is 18.2 Å². The molecule has 1 aromatic heterocycles. The Balaban J connectivity index is 2.49. The molecule has 2 aromatic rings. The predicted octanol–water partition coefficient (Wildman–Crippen LogP) is 2.67. The highest BCUT2D eigenvalue weighted by atomic mass is 35.5. The van der Waals surface area contributed by atoms with Crippen molar-refractivity contribution in [1.29, 1.82) is 0 Å². The van der Waals surface area contributed by atoms with Crippen LogP contribution in [0.2, 0.25) is 5.02 Å². The number of halogens is 1. The van der Waals surface area contributed by atoms with Gasteiger partial charge in [0.1, 0.15) is 5.01 Å². The maximum absolute atomic E-state index is 5.87. The van der Waals surface area contributed by atoms with Crippen LogP contribution in [0.4, 0.5) is 0 Å². The molecule has 4 heteroatoms. The maximum Gasteiger partial charge on any atom is 0.108 e. The molecule has 1 aromatic carbocycles. The number of thiazole rings is 1. The molecule has 0 aliphatic heterocycles. The van der Waals surface area contributed by atoms with E-state index in [1.165, 1.54) is 0 Å². The van der Waals surface area contributed by atoms with Gasteiger partial charge in [0, 0.05) is 11.6 Å². The van der Waals surface area contributed by atoms with Crippen LogP contribution >= 0.6 is 22.9 Å². The number of fused-ring (bicyclic) bond motifs is 1. The lowest BCUT2D eigenvalue weighted by Crippen LogP contribution is -2.03. The number of hydrogen-bond donors (Lipinski definition) is 1. The number of hydrogen-bond acceptors (Lipinski definition) is 3. The quantitative estimate of drug-likeness (QED) is 0.828. The highest BCUT2D eigenvalue weighted by molar-refractivity contribution is 7.18. The lowest BCUT2D eigenvalue weighted by atomic mass is 10.3. The van der Waals surface area contributed by atoms with Crippen LogP contribution in [0, 0.1) is 0 Å². The van der Waals surface area contributed by atoms with E-state index >= 15 is 0 Å². The first-order valence-electron chi connectivity index (χ1n) is 3.99. The summed E-state index contributed by atoms with van der Waals surface area (Å²) >= 11 is 7.55. The van der Waals surface area contributed by atoms with Crippen LogP contribution in [0.5, 0.6) is 0 Å². The zero-order valence-electron chi connectivity index (χ0n) is 7.17. The fraction of sp³-hybridized carbons (Fsp3) is 0.222. The Morgan fingerprint density at radius 1 is 1.54 bits per heavy atom. The standard InChI is InChI=1S/C9H9ClN2S/c1-11-5-9-12-7-3-2-6(10)4-8(7)13-9/h2-4,11H,5H2,1H3. The van der Waals surface area contributed by atoms with E-state index in [0.29, 0.717) is 0 Å². The molecular formula is C9H9ClN2S. The van der Waals surface area contributed by atoms with Gasteiger partial charge in [-0.3, -0.25) is 0 Å². The second-order valence-corrected chi connectivity index (χ2v) is 4.30. The van der Waals surface area contributed by atoms with Crippen molar-refractivity contribution in [3.8, 4) is 0 Å². The van der Waals surface area contributed by atoms with Crippen molar-refractivity contribution in [2.24, 2.45) is 0 Å². The molecule has 1 heterocycles. The fourth-order valence-corrected chi connectivity index (χ4v) is 2.43. The molecule has 0 radical (unpaired) electrons. The van der Waals surface area contributed by atoms with E-state index in [-0.39, 0.29) is 0 Å². The molecule has 0 unspecified atom stereocenters. The third-order valence-corrected chi connectivity index (χ3v) is 2.98. The second-order valence-electron chi connectivity index (χ2n) is 2.75. The highest BCUT2D eigenvalue weighted by Crippen LogP contribution is 2.24. The first kappa shape index (κ1) is 8.94. The molecule has 68 valence electrons. The van der Waals surface area contributed by atoms with Crippen LogP contribution in [0.1, 0.15) is 5.01 Å². The average molecular weight is 213 g/mol. The van der Waals surface area contributed by atoms with Gasteiger partial charge in [0.05, 0.1) is 10.2 Å². The van der Waals surface area contributed by atoms with E-state index < -0.39 is 0 Å². The summed E-state index contributed by atoms with van der Waals surface area (Å²) in [5.41, 5.74) is 1.03. The molecule has 2 nitrogen and oxygen atoms in total. The molecular weight excluding hydrogens is 204 g/mol. The molecule has 0 saturated carbocycles. The van der Waals surface area contributed by atoms with Gasteiger partial charge in [-0.2, -0.15) is 0 Å². The Morgan fingerprint density at radius 2 is 2.38 bits per heavy atom. The molecule has 0 aliphatic carbocycles. The molecule has 0 aliphatic rings. The summed E-state index contributed by atoms with van der Waals surface area (Å²) < 4.78 is 1.15. The van der Waals surface area contributed by atoms with Crippen molar-refractivity contribution >= 4 is 33.2 Å². The summed E-state index contributed by atoms with van der Waals surface area (Å²) in [4.78, 5) is 4.44. The van der Waals surface area contributed by atoms with Crippen molar-refractivity contribution in [3.63, 3.8) is 0 Å². The smallest absolute Gasteiger partial charge is 0.108 e. The van der Waals surface area contributed by atoms with Crippen molar-refractivity contribution in [3.05, 3.63) is 28.2 Å². The van der Waals surface area contributed by atoms with E-state index in [1.54, 1.807) is 11.3 Å². The first-order valence-corrected chi connectivity index (χ1v) is 5.18. The van der Waals surface area contributed by atoms with Gasteiger partial charge in [-0.1, -0.05) is 11.6 Å². The van der Waals surface area contributed by atoms with Crippen LogP contribution in [-0.4, -0.2) is 12.0 Å². The van der Waals surface area contributed by atoms with Gasteiger partial charge in [-0.05, 0) is 25.2 Å². The summed E-state index contributed by atoms with van der Waals surface area (Å²) in [7, 11) is 1.92. The van der Waals surface area contributed by atoms with Gasteiger partial charge in [-0.25, -0.2) is 4.98 Å². The normalized spacial score (nSPS) is 10.9. The number of nitrogens with one attached hydrogen (secondary N) is 1. The first-order chi connectivity index (χ1) is 6.29. The van der Waals surface area contributed by atoms with Crippen LogP contribution in [-0.2, 0) is 6.54 Å². The van der Waals surface area contributed by atoms with Crippen LogP contribution < -0.4 is 5.32 Å². The number of rotatable bonds is 2. The Labute approximate surface area is 85.6 Å². The lowest BCUT2D eigenvalue weighted by molar-refractivity contribution is 0.812. The minimum absolute atomic E-state index is 0.771. The Kier molecular flexibility index (Phi) is 2.49. The van der Waals surface area contributed by atoms with Crippen molar-refractivity contribution in [1.82, 2.24) is 10.3 Å². The van der Waals surface area contributed by atoms with E-state index in [0.717, 1.165) is 26.8 Å². The predicted molar refractivity (Wildman–Crippen MR) is 57.4 cm³/mol. The Hall–Kier alpha value is -0.640. The monoisotopic (exact) mass is 212 g/mol. The highest BCUT2D eigenvalue weighted by Gasteiger charge is 2.02. The molecule has 0 atom stereocenters. The molecule has 1 N–H and O–H groups in total. The number of benzene rings is 1. The van der Waals surface area contributed by atoms with E-state index in [1.807, 2.05) is 25.2 Å². The van der Waals surface area contributed by atoms with Crippen LogP contribution in [0.25, 0.3) is 10.2 Å². The van der Waals surface area contributed by atoms with Gasteiger partial charge in [0.15, 0.2) is 0 Å². The zero-order valence-corrected chi connectivity index (χ0v) is 8.75. The van der Waals surface area contributed by atoms with Gasteiger partial charge < -0.3 is 5.32 Å². The minimum atomic E-state index is 0.771. The topological polar surface area (TPSA) is 24.9 Å². The zero-order chi connectivity index (χ0) is 9.26. The van der Waals surface area contributed by atoms with Crippen molar-refractivity contribution in [2.75, 3.05) is 7.05 Å². The summed E-state index contributed by atoms with van der Waals surface area (Å²) in [6.07, 6.45) is 0. The van der Waals surface area contributed by atoms with Gasteiger partial charge in [0.25, 0.3) is 0 Å². The van der Waals surface area contributed by atoms with Gasteiger partial charge in [-0.15, -0.1) is 11.3 Å². The summed E-state index contributed by atoms with van der Waals surface area (Å²) in [5.74, 6) is 0. The second kappa shape index (κ2) is 3.62. The number of aromatic nitrogens is 1. The molecule has 0 spiro atoms. The Morgan fingerprint density at radius 3 is 3.15 bits per heavy atom. The van der Waals surface area contributed by atoms with Crippen LogP contribution in [0.3, 0.4) is 0 Å². The SMILES string of the molecule is CNCc1nc2ccc(Cl)cc2s1. The van der Waals surface area contributed by atoms with E-state index in [4.69, 9.17) is 11.6 Å². The fourth-order valence-electron chi connectivity index (χ4n) is 1.17. The van der Waals surface area contributed by atoms with E-state index in [9.17, 15) is 0 Å². The largest absolute Gasteiger partial charge is 0.314 e. The number of nitrogens with zero attached hydrogens (tertiary/aromatic N) is 1. The maximum atomic E-state index is 5.87. The summed E-state index contributed by atoms with van der Waals surface area (Å²) in [6, 6.07) is 5.77. The van der Waals surface area contributed by atoms with Crippen molar-refractivity contribution < 1.29 is 0 Å². The molecule has 0 bridgehead atoms. The Bertz CT molecular complexity index is 424. The third kappa shape index (κ3) is 1.82. The lowest BCUT2D eigenvalue weighted by Gasteiger charge is -1.88. The third-order valence-electron chi connectivity index (χ3n) is 1.72. The van der Waals surface area contributed by atoms with E-state index in [2.05, 4.69) is 10.3 Å². The summed E-state index contributed by atoms with van der Waals surface area (Å²) in [5, 5.41) is 4.94.